The monoisotopic (exact) mass is 334 g/mol. The first kappa shape index (κ1) is 21.6. The zero-order valence-electron chi connectivity index (χ0n) is 15.4. The van der Waals surface area contributed by atoms with Gasteiger partial charge >= 0.3 is 5.97 Å². The topological polar surface area (TPSA) is 26.3 Å². The maximum atomic E-state index is 11.0. The second kappa shape index (κ2) is 11.2. The normalized spacial score (nSPS) is 10.9. The minimum atomic E-state index is -1.50. The molecule has 0 atom stereocenters. The van der Waals surface area contributed by atoms with Gasteiger partial charge in [0.15, 0.2) is 0 Å². The summed E-state index contributed by atoms with van der Waals surface area (Å²) in [5.41, 5.74) is 3.83. The molecule has 0 saturated carbocycles. The van der Waals surface area contributed by atoms with Gasteiger partial charge in [-0.3, -0.25) is 0 Å². The lowest BCUT2D eigenvalue weighted by atomic mass is 10.3. The number of esters is 1. The Morgan fingerprint density at radius 1 is 0.913 bits per heavy atom. The minimum Gasteiger partial charge on any atom is -0.463 e. The second-order valence-electron chi connectivity index (χ2n) is 7.08. The molecule has 0 unspecified atom stereocenters. The number of ether oxygens (including phenoxy) is 1. The molecule has 0 spiro atoms. The summed E-state index contributed by atoms with van der Waals surface area (Å²) in [6.45, 7) is 22.7. The predicted octanol–water partition coefficient (Wildman–Crippen LogP) is 6.06. The molecule has 0 aromatic carbocycles. The molecule has 0 aliphatic heterocycles. The Kier molecular flexibility index (Phi) is 10.6. The number of rotatable bonds is 13. The summed E-state index contributed by atoms with van der Waals surface area (Å²) in [7, 11) is -1.50. The van der Waals surface area contributed by atoms with Crippen molar-refractivity contribution in [3.8, 4) is 0 Å². The Balaban J connectivity index is 4.57. The number of unbranched alkanes of at least 4 members (excludes halogenated alkanes) is 2. The number of carbonyl (C=O) groups is 1. The first-order chi connectivity index (χ1) is 10.7. The highest BCUT2D eigenvalue weighted by Gasteiger charge is 2.32. The van der Waals surface area contributed by atoms with E-state index in [2.05, 4.69) is 47.1 Å². The fraction of sp³-hybridized carbons (Fsp3) is 0.550. The standard InChI is InChI=1S/C20H34O2Si/c1-8-20(21)22-12-10-9-11-13-23(14-17(2)3,15-18(4)5)16-19(6)7/h8H,1-2,4,6,9-16H2,3,5,7H3. The van der Waals surface area contributed by atoms with Gasteiger partial charge in [0.1, 0.15) is 0 Å². The van der Waals surface area contributed by atoms with Gasteiger partial charge in [-0.05, 0) is 45.3 Å². The van der Waals surface area contributed by atoms with Crippen LogP contribution >= 0.6 is 0 Å². The van der Waals surface area contributed by atoms with Crippen molar-refractivity contribution in [3.63, 3.8) is 0 Å². The van der Waals surface area contributed by atoms with Gasteiger partial charge in [-0.15, -0.1) is 19.7 Å². The van der Waals surface area contributed by atoms with E-state index in [-0.39, 0.29) is 5.97 Å². The lowest BCUT2D eigenvalue weighted by molar-refractivity contribution is -0.137. The summed E-state index contributed by atoms with van der Waals surface area (Å²) in [6.07, 6.45) is 4.38. The summed E-state index contributed by atoms with van der Waals surface area (Å²) in [4.78, 5) is 11.0. The third-order valence-corrected chi connectivity index (χ3v) is 9.27. The summed E-state index contributed by atoms with van der Waals surface area (Å²) in [5.74, 6) is -0.333. The Labute approximate surface area is 144 Å². The molecule has 0 rings (SSSR count). The molecular weight excluding hydrogens is 300 g/mol. The van der Waals surface area contributed by atoms with Gasteiger partial charge < -0.3 is 4.74 Å². The van der Waals surface area contributed by atoms with Crippen molar-refractivity contribution in [3.05, 3.63) is 49.1 Å². The number of allylic oxidation sites excluding steroid dienone is 3. The van der Waals surface area contributed by atoms with Crippen molar-refractivity contribution in [2.24, 2.45) is 0 Å². The molecule has 0 fully saturated rings. The predicted molar refractivity (Wildman–Crippen MR) is 104 cm³/mol. The van der Waals surface area contributed by atoms with E-state index < -0.39 is 8.07 Å². The molecule has 0 aromatic heterocycles. The molecule has 130 valence electrons. The SMILES string of the molecule is C=CC(=O)OCCCCC[Si](CC(=C)C)(CC(=C)C)CC(=C)C. The van der Waals surface area contributed by atoms with Crippen molar-refractivity contribution in [1.29, 1.82) is 0 Å². The number of hydrogen-bond donors (Lipinski definition) is 0. The molecule has 0 radical (unpaired) electrons. The number of carbonyl (C=O) groups excluding carboxylic acids is 1. The average molecular weight is 335 g/mol. The van der Waals surface area contributed by atoms with Crippen LogP contribution in [0.5, 0.6) is 0 Å². The van der Waals surface area contributed by atoms with E-state index >= 15 is 0 Å². The first-order valence-corrected chi connectivity index (χ1v) is 11.3. The summed E-state index contributed by atoms with van der Waals surface area (Å²) in [5, 5.41) is 0. The molecule has 2 nitrogen and oxygen atoms in total. The van der Waals surface area contributed by atoms with Crippen LogP contribution in [0.4, 0.5) is 0 Å². The lowest BCUT2D eigenvalue weighted by Gasteiger charge is -2.33. The van der Waals surface area contributed by atoms with E-state index in [1.807, 2.05) is 0 Å². The molecule has 0 aromatic rings. The van der Waals surface area contributed by atoms with Gasteiger partial charge in [0, 0.05) is 6.08 Å². The Bertz CT molecular complexity index is 408. The summed E-state index contributed by atoms with van der Waals surface area (Å²) >= 11 is 0. The summed E-state index contributed by atoms with van der Waals surface area (Å²) in [6, 6.07) is 4.71. The third-order valence-electron chi connectivity index (χ3n) is 3.79. The van der Waals surface area contributed by atoms with Crippen LogP contribution in [0.1, 0.15) is 40.0 Å². The van der Waals surface area contributed by atoms with E-state index in [0.29, 0.717) is 6.61 Å². The molecule has 0 aliphatic rings. The van der Waals surface area contributed by atoms with Gasteiger partial charge in [0.25, 0.3) is 0 Å². The molecule has 0 aliphatic carbocycles. The van der Waals surface area contributed by atoms with E-state index in [9.17, 15) is 4.79 Å². The zero-order valence-corrected chi connectivity index (χ0v) is 16.4. The van der Waals surface area contributed by atoms with Crippen molar-refractivity contribution in [2.45, 2.75) is 64.2 Å². The maximum Gasteiger partial charge on any atom is 0.330 e. The van der Waals surface area contributed by atoms with Crippen LogP contribution in [0.15, 0.2) is 49.1 Å². The molecule has 0 N–H and O–H groups in total. The van der Waals surface area contributed by atoms with Gasteiger partial charge in [-0.25, -0.2) is 4.79 Å². The van der Waals surface area contributed by atoms with E-state index in [1.54, 1.807) is 0 Å². The van der Waals surface area contributed by atoms with Crippen LogP contribution in [-0.4, -0.2) is 20.7 Å². The molecular formula is C20H34O2Si. The van der Waals surface area contributed by atoms with Crippen molar-refractivity contribution in [2.75, 3.05) is 6.61 Å². The van der Waals surface area contributed by atoms with Gasteiger partial charge in [-0.2, -0.15) is 0 Å². The third kappa shape index (κ3) is 10.9. The Morgan fingerprint density at radius 2 is 1.39 bits per heavy atom. The van der Waals surface area contributed by atoms with Crippen LogP contribution in [0.25, 0.3) is 0 Å². The van der Waals surface area contributed by atoms with Crippen LogP contribution in [0.2, 0.25) is 24.2 Å². The fourth-order valence-corrected chi connectivity index (χ4v) is 9.13. The van der Waals surface area contributed by atoms with Gasteiger partial charge in [0.2, 0.25) is 0 Å². The highest BCUT2D eigenvalue weighted by Crippen LogP contribution is 2.35. The van der Waals surface area contributed by atoms with Crippen molar-refractivity contribution >= 4 is 14.0 Å². The van der Waals surface area contributed by atoms with Crippen LogP contribution in [0, 0.1) is 0 Å². The smallest absolute Gasteiger partial charge is 0.330 e. The van der Waals surface area contributed by atoms with Gasteiger partial charge in [0.05, 0.1) is 14.7 Å². The quantitative estimate of drug-likeness (QED) is 0.134. The van der Waals surface area contributed by atoms with Crippen LogP contribution < -0.4 is 0 Å². The minimum absolute atomic E-state index is 0.333. The average Bonchev–Trinajstić information content (AvgIpc) is 2.39. The van der Waals surface area contributed by atoms with Crippen LogP contribution in [0.3, 0.4) is 0 Å². The maximum absolute atomic E-state index is 11.0. The molecule has 23 heavy (non-hydrogen) atoms. The Morgan fingerprint density at radius 3 is 1.78 bits per heavy atom. The van der Waals surface area contributed by atoms with E-state index in [1.165, 1.54) is 35.3 Å². The van der Waals surface area contributed by atoms with E-state index in [0.717, 1.165) is 31.0 Å². The second-order valence-corrected chi connectivity index (χ2v) is 11.6. The first-order valence-electron chi connectivity index (χ1n) is 8.43. The molecule has 0 amide bonds. The highest BCUT2D eigenvalue weighted by molar-refractivity contribution is 6.81. The zero-order chi connectivity index (χ0) is 17.9. The highest BCUT2D eigenvalue weighted by atomic mass is 28.3. The molecule has 0 bridgehead atoms. The largest absolute Gasteiger partial charge is 0.463 e. The summed E-state index contributed by atoms with van der Waals surface area (Å²) < 4.78 is 5.03. The van der Waals surface area contributed by atoms with Crippen LogP contribution in [-0.2, 0) is 9.53 Å². The fourth-order valence-electron chi connectivity index (χ4n) is 3.38. The molecule has 0 heterocycles. The van der Waals surface area contributed by atoms with Gasteiger partial charge in [-0.1, -0.05) is 42.2 Å². The van der Waals surface area contributed by atoms with Crippen molar-refractivity contribution in [1.82, 2.24) is 0 Å². The molecule has 0 saturated heterocycles. The lowest BCUT2D eigenvalue weighted by Crippen LogP contribution is -2.34. The van der Waals surface area contributed by atoms with E-state index in [4.69, 9.17) is 4.74 Å². The Hall–Kier alpha value is -1.35. The number of hydrogen-bond acceptors (Lipinski definition) is 2. The molecule has 3 heteroatoms. The van der Waals surface area contributed by atoms with Crippen molar-refractivity contribution < 1.29 is 9.53 Å².